The maximum atomic E-state index is 11.5. The maximum absolute atomic E-state index is 11.5. The zero-order valence-electron chi connectivity index (χ0n) is 13.6. The van der Waals surface area contributed by atoms with Crippen LogP contribution in [0, 0.1) is 0 Å². The molecule has 2 N–H and O–H groups in total. The Hall–Kier alpha value is -1.89. The smallest absolute Gasteiger partial charge is 0.325 e. The number of benzene rings is 1. The van der Waals surface area contributed by atoms with E-state index in [1.165, 1.54) is 6.07 Å². The molecule has 1 unspecified atom stereocenters. The number of halogens is 1. The Morgan fingerprint density at radius 2 is 2.08 bits per heavy atom. The molecule has 2 aromatic rings. The molecule has 1 saturated heterocycles. The molecule has 0 radical (unpaired) electrons. The van der Waals surface area contributed by atoms with Gasteiger partial charge in [0.15, 0.2) is 0 Å². The molecule has 1 aliphatic heterocycles. The molecule has 1 aromatic carbocycles. The number of H-pyrrole nitrogens is 2. The Balaban J connectivity index is 1.84. The van der Waals surface area contributed by atoms with E-state index in [1.807, 2.05) is 24.3 Å². The number of hydrogen-bond acceptors (Lipinski definition) is 4. The summed E-state index contributed by atoms with van der Waals surface area (Å²) >= 11 is 6.07. The molecule has 0 aliphatic carbocycles. The van der Waals surface area contributed by atoms with Crippen molar-refractivity contribution in [1.29, 1.82) is 0 Å². The predicted octanol–water partition coefficient (Wildman–Crippen LogP) is 2.07. The molecule has 3 rings (SSSR count). The summed E-state index contributed by atoms with van der Waals surface area (Å²) in [5, 5.41) is 0.673. The molecular formula is C17H20ClN3O3. The van der Waals surface area contributed by atoms with E-state index in [2.05, 4.69) is 28.7 Å². The number of nitrogens with zero attached hydrogens (tertiary/aromatic N) is 1. The normalized spacial score (nSPS) is 20.9. The standard InChI is InChI=1S/C17H20ClN3O3/c1-17(2)10-24-14(11-4-3-5-12(18)6-11)9-21(17)8-13-7-15(22)20-16(23)19-13/h3-7,14H,8-10H2,1-2H3,(H2,19,20,22,23). The molecule has 24 heavy (non-hydrogen) atoms. The first-order valence-electron chi connectivity index (χ1n) is 7.78. The minimum absolute atomic E-state index is 0.106. The summed E-state index contributed by atoms with van der Waals surface area (Å²) in [6.07, 6.45) is -0.106. The van der Waals surface area contributed by atoms with Crippen LogP contribution in [0.2, 0.25) is 5.02 Å². The van der Waals surface area contributed by atoms with Crippen molar-refractivity contribution in [1.82, 2.24) is 14.9 Å². The van der Waals surface area contributed by atoms with Gasteiger partial charge in [-0.15, -0.1) is 0 Å². The molecule has 1 atom stereocenters. The van der Waals surface area contributed by atoms with E-state index < -0.39 is 11.2 Å². The number of hydrogen-bond donors (Lipinski definition) is 2. The first-order chi connectivity index (χ1) is 11.3. The summed E-state index contributed by atoms with van der Waals surface area (Å²) < 4.78 is 6.01. The van der Waals surface area contributed by atoms with Gasteiger partial charge in [-0.2, -0.15) is 0 Å². The Morgan fingerprint density at radius 1 is 1.29 bits per heavy atom. The second kappa shape index (κ2) is 6.55. The fraction of sp³-hybridized carbons (Fsp3) is 0.412. The van der Waals surface area contributed by atoms with E-state index in [0.717, 1.165) is 5.56 Å². The number of rotatable bonds is 3. The van der Waals surface area contributed by atoms with Crippen molar-refractivity contribution in [3.8, 4) is 0 Å². The van der Waals surface area contributed by atoms with Crippen LogP contribution in [0.4, 0.5) is 0 Å². The molecule has 7 heteroatoms. The summed E-state index contributed by atoms with van der Waals surface area (Å²) in [4.78, 5) is 30.0. The van der Waals surface area contributed by atoms with Crippen LogP contribution in [0.5, 0.6) is 0 Å². The van der Waals surface area contributed by atoms with Crippen LogP contribution in [-0.4, -0.2) is 33.6 Å². The minimum Gasteiger partial charge on any atom is -0.370 e. The topological polar surface area (TPSA) is 78.2 Å². The largest absolute Gasteiger partial charge is 0.370 e. The van der Waals surface area contributed by atoms with Crippen LogP contribution in [0.3, 0.4) is 0 Å². The van der Waals surface area contributed by atoms with E-state index in [1.54, 1.807) is 0 Å². The first kappa shape index (κ1) is 17.0. The monoisotopic (exact) mass is 349 g/mol. The van der Waals surface area contributed by atoms with Gasteiger partial charge in [-0.25, -0.2) is 4.79 Å². The average molecular weight is 350 g/mol. The minimum atomic E-state index is -0.491. The summed E-state index contributed by atoms with van der Waals surface area (Å²) in [5.74, 6) is 0. The Kier molecular flexibility index (Phi) is 4.62. The highest BCUT2D eigenvalue weighted by molar-refractivity contribution is 6.30. The number of nitrogens with one attached hydrogen (secondary N) is 2. The van der Waals surface area contributed by atoms with Gasteiger partial charge in [-0.1, -0.05) is 23.7 Å². The Labute approximate surface area is 144 Å². The van der Waals surface area contributed by atoms with Crippen LogP contribution in [-0.2, 0) is 11.3 Å². The molecule has 2 heterocycles. The van der Waals surface area contributed by atoms with Gasteiger partial charge >= 0.3 is 5.69 Å². The van der Waals surface area contributed by atoms with Gasteiger partial charge in [-0.05, 0) is 31.5 Å². The first-order valence-corrected chi connectivity index (χ1v) is 8.16. The van der Waals surface area contributed by atoms with Crippen molar-refractivity contribution in [2.24, 2.45) is 0 Å². The number of morpholine rings is 1. The number of aromatic amines is 2. The molecular weight excluding hydrogens is 330 g/mol. The molecule has 1 aliphatic rings. The third-order valence-corrected chi connectivity index (χ3v) is 4.51. The zero-order valence-corrected chi connectivity index (χ0v) is 14.4. The van der Waals surface area contributed by atoms with Gasteiger partial charge in [0.1, 0.15) is 0 Å². The molecule has 6 nitrogen and oxygen atoms in total. The van der Waals surface area contributed by atoms with Gasteiger partial charge in [-0.3, -0.25) is 14.7 Å². The Morgan fingerprint density at radius 3 is 2.79 bits per heavy atom. The van der Waals surface area contributed by atoms with Gasteiger partial charge in [0, 0.05) is 35.4 Å². The Bertz CT molecular complexity index is 815. The number of ether oxygens (including phenoxy) is 1. The molecule has 128 valence electrons. The third kappa shape index (κ3) is 3.77. The van der Waals surface area contributed by atoms with Crippen molar-refractivity contribution < 1.29 is 4.74 Å². The lowest BCUT2D eigenvalue weighted by Crippen LogP contribution is -2.53. The highest BCUT2D eigenvalue weighted by Crippen LogP contribution is 2.31. The van der Waals surface area contributed by atoms with Crippen molar-refractivity contribution >= 4 is 11.6 Å². The van der Waals surface area contributed by atoms with E-state index in [9.17, 15) is 9.59 Å². The van der Waals surface area contributed by atoms with Crippen molar-refractivity contribution in [2.45, 2.75) is 32.0 Å². The van der Waals surface area contributed by atoms with Gasteiger partial charge in [0.25, 0.3) is 5.56 Å². The second-order valence-electron chi connectivity index (χ2n) is 6.66. The SMILES string of the molecule is CC1(C)COC(c2cccc(Cl)c2)CN1Cc1cc(=O)[nH]c(=O)[nH]1. The molecule has 0 saturated carbocycles. The van der Waals surface area contributed by atoms with Gasteiger partial charge < -0.3 is 9.72 Å². The molecule has 0 spiro atoms. The lowest BCUT2D eigenvalue weighted by Gasteiger charge is -2.45. The summed E-state index contributed by atoms with van der Waals surface area (Å²) in [6.45, 7) is 5.80. The van der Waals surface area contributed by atoms with Crippen LogP contribution in [0.1, 0.15) is 31.2 Å². The quantitative estimate of drug-likeness (QED) is 0.889. The summed E-state index contributed by atoms with van der Waals surface area (Å²) in [6, 6.07) is 9.04. The van der Waals surface area contributed by atoms with E-state index >= 15 is 0 Å². The van der Waals surface area contributed by atoms with Crippen LogP contribution in [0.15, 0.2) is 39.9 Å². The van der Waals surface area contributed by atoms with Crippen LogP contribution < -0.4 is 11.2 Å². The third-order valence-electron chi connectivity index (χ3n) is 4.28. The summed E-state index contributed by atoms with van der Waals surface area (Å²) in [5.41, 5.74) is 0.501. The molecule has 0 amide bonds. The van der Waals surface area contributed by atoms with Crippen molar-refractivity contribution in [3.63, 3.8) is 0 Å². The van der Waals surface area contributed by atoms with Crippen LogP contribution in [0.25, 0.3) is 0 Å². The van der Waals surface area contributed by atoms with E-state index in [-0.39, 0.29) is 11.6 Å². The highest BCUT2D eigenvalue weighted by Gasteiger charge is 2.35. The highest BCUT2D eigenvalue weighted by atomic mass is 35.5. The zero-order chi connectivity index (χ0) is 17.3. The molecule has 1 aromatic heterocycles. The van der Waals surface area contributed by atoms with Crippen molar-refractivity contribution in [3.05, 3.63) is 67.4 Å². The lowest BCUT2D eigenvalue weighted by atomic mass is 9.98. The van der Waals surface area contributed by atoms with Crippen molar-refractivity contribution in [2.75, 3.05) is 13.2 Å². The summed E-state index contributed by atoms with van der Waals surface area (Å²) in [7, 11) is 0. The lowest BCUT2D eigenvalue weighted by molar-refractivity contribution is -0.105. The van der Waals surface area contributed by atoms with E-state index in [4.69, 9.17) is 16.3 Å². The number of aromatic nitrogens is 2. The predicted molar refractivity (Wildman–Crippen MR) is 92.3 cm³/mol. The second-order valence-corrected chi connectivity index (χ2v) is 7.10. The maximum Gasteiger partial charge on any atom is 0.325 e. The fourth-order valence-corrected chi connectivity index (χ4v) is 3.09. The van der Waals surface area contributed by atoms with Gasteiger partial charge in [0.2, 0.25) is 0 Å². The van der Waals surface area contributed by atoms with Gasteiger partial charge in [0.05, 0.1) is 12.7 Å². The molecule has 0 bridgehead atoms. The fourth-order valence-electron chi connectivity index (χ4n) is 2.89. The average Bonchev–Trinajstić information content (AvgIpc) is 2.48. The van der Waals surface area contributed by atoms with Crippen LogP contribution >= 0.6 is 11.6 Å². The van der Waals surface area contributed by atoms with E-state index in [0.29, 0.717) is 30.4 Å². The molecule has 1 fully saturated rings.